The van der Waals surface area contributed by atoms with Crippen LogP contribution in [-0.2, 0) is 0 Å². The van der Waals surface area contributed by atoms with Gasteiger partial charge in [0, 0.05) is 5.69 Å². The number of nitrogens with one attached hydrogen (secondary N) is 1. The Morgan fingerprint density at radius 3 is 2.78 bits per heavy atom. The van der Waals surface area contributed by atoms with Crippen LogP contribution in [0.15, 0.2) is 53.2 Å². The highest BCUT2D eigenvalue weighted by Crippen LogP contribution is 2.24. The van der Waals surface area contributed by atoms with Crippen LogP contribution in [0.3, 0.4) is 0 Å². The van der Waals surface area contributed by atoms with Crippen LogP contribution in [0.1, 0.15) is 21.7 Å². The van der Waals surface area contributed by atoms with Crippen molar-refractivity contribution in [3.63, 3.8) is 0 Å². The lowest BCUT2D eigenvalue weighted by Gasteiger charge is -2.07. The third-order valence-electron chi connectivity index (χ3n) is 3.41. The summed E-state index contributed by atoms with van der Waals surface area (Å²) in [6, 6.07) is 14.9. The first kappa shape index (κ1) is 14.9. The SMILES string of the molecule is Cc1nc(C(=O)Nc2cccc(-c3ccsc3)c2)ccc1C#N. The van der Waals surface area contributed by atoms with Gasteiger partial charge in [-0.2, -0.15) is 16.6 Å². The summed E-state index contributed by atoms with van der Waals surface area (Å²) in [4.78, 5) is 16.5. The highest BCUT2D eigenvalue weighted by atomic mass is 32.1. The molecule has 0 aliphatic rings. The molecule has 1 N–H and O–H groups in total. The van der Waals surface area contributed by atoms with Crippen LogP contribution in [0.2, 0.25) is 0 Å². The lowest BCUT2D eigenvalue weighted by atomic mass is 10.1. The van der Waals surface area contributed by atoms with Gasteiger partial charge < -0.3 is 5.32 Å². The van der Waals surface area contributed by atoms with Crippen molar-refractivity contribution < 1.29 is 4.79 Å². The van der Waals surface area contributed by atoms with Gasteiger partial charge in [-0.05, 0) is 59.1 Å². The van der Waals surface area contributed by atoms with Crippen molar-refractivity contribution in [1.82, 2.24) is 4.98 Å². The van der Waals surface area contributed by atoms with Crippen LogP contribution in [0.5, 0.6) is 0 Å². The zero-order valence-electron chi connectivity index (χ0n) is 12.4. The van der Waals surface area contributed by atoms with E-state index in [1.54, 1.807) is 30.4 Å². The van der Waals surface area contributed by atoms with Gasteiger partial charge in [0.2, 0.25) is 0 Å². The number of benzene rings is 1. The van der Waals surface area contributed by atoms with Crippen LogP contribution in [-0.4, -0.2) is 10.9 Å². The molecule has 1 aromatic carbocycles. The third-order valence-corrected chi connectivity index (χ3v) is 4.10. The van der Waals surface area contributed by atoms with Gasteiger partial charge in [0.1, 0.15) is 11.8 Å². The Morgan fingerprint density at radius 1 is 1.22 bits per heavy atom. The molecule has 112 valence electrons. The fourth-order valence-corrected chi connectivity index (χ4v) is 2.87. The van der Waals surface area contributed by atoms with Crippen LogP contribution in [0.4, 0.5) is 5.69 Å². The lowest BCUT2D eigenvalue weighted by molar-refractivity contribution is 0.102. The summed E-state index contributed by atoms with van der Waals surface area (Å²) in [7, 11) is 0. The number of nitrogens with zero attached hydrogens (tertiary/aromatic N) is 2. The summed E-state index contributed by atoms with van der Waals surface area (Å²) in [5.41, 5.74) is 4.20. The van der Waals surface area contributed by atoms with Gasteiger partial charge in [-0.25, -0.2) is 4.98 Å². The van der Waals surface area contributed by atoms with E-state index in [1.165, 1.54) is 0 Å². The normalized spacial score (nSPS) is 10.1. The van der Waals surface area contributed by atoms with Gasteiger partial charge in [0.05, 0.1) is 11.3 Å². The van der Waals surface area contributed by atoms with Crippen molar-refractivity contribution in [3.8, 4) is 17.2 Å². The van der Waals surface area contributed by atoms with Crippen molar-refractivity contribution in [2.45, 2.75) is 6.92 Å². The predicted octanol–water partition coefficient (Wildman–Crippen LogP) is 4.24. The van der Waals surface area contributed by atoms with Crippen molar-refractivity contribution >= 4 is 22.9 Å². The predicted molar refractivity (Wildman–Crippen MR) is 91.4 cm³/mol. The molecule has 2 aromatic heterocycles. The van der Waals surface area contributed by atoms with E-state index in [0.29, 0.717) is 22.6 Å². The molecule has 0 saturated carbocycles. The highest BCUT2D eigenvalue weighted by molar-refractivity contribution is 7.08. The fraction of sp³-hybridized carbons (Fsp3) is 0.0556. The number of carbonyl (C=O) groups is 1. The zero-order valence-corrected chi connectivity index (χ0v) is 13.2. The van der Waals surface area contributed by atoms with E-state index in [0.717, 1.165) is 11.1 Å². The van der Waals surface area contributed by atoms with Crippen molar-refractivity contribution in [3.05, 3.63) is 70.2 Å². The molecule has 0 aliphatic carbocycles. The monoisotopic (exact) mass is 319 g/mol. The minimum Gasteiger partial charge on any atom is -0.321 e. The third kappa shape index (κ3) is 3.28. The van der Waals surface area contributed by atoms with Crippen molar-refractivity contribution in [2.75, 3.05) is 5.32 Å². The van der Waals surface area contributed by atoms with E-state index in [2.05, 4.69) is 15.7 Å². The molecule has 0 fully saturated rings. The molecule has 0 bridgehead atoms. The summed E-state index contributed by atoms with van der Waals surface area (Å²) in [5.74, 6) is -0.292. The molecule has 2 heterocycles. The molecule has 3 rings (SSSR count). The summed E-state index contributed by atoms with van der Waals surface area (Å²) in [6.07, 6.45) is 0. The number of aromatic nitrogens is 1. The Kier molecular flexibility index (Phi) is 4.18. The number of carbonyl (C=O) groups excluding carboxylic acids is 1. The van der Waals surface area contributed by atoms with Crippen LogP contribution < -0.4 is 5.32 Å². The molecule has 3 aromatic rings. The average molecular weight is 319 g/mol. The summed E-state index contributed by atoms with van der Waals surface area (Å²) >= 11 is 1.63. The maximum absolute atomic E-state index is 12.3. The molecule has 0 atom stereocenters. The lowest BCUT2D eigenvalue weighted by Crippen LogP contribution is -2.14. The molecule has 0 saturated heterocycles. The van der Waals surface area contributed by atoms with E-state index < -0.39 is 0 Å². The first-order chi connectivity index (χ1) is 11.2. The van der Waals surface area contributed by atoms with E-state index in [9.17, 15) is 4.79 Å². The van der Waals surface area contributed by atoms with Crippen LogP contribution in [0, 0.1) is 18.3 Å². The standard InChI is InChI=1S/C18H13N3OS/c1-12-14(10-19)5-6-17(20-12)18(22)21-16-4-2-3-13(9-16)15-7-8-23-11-15/h2-9,11H,1H3,(H,21,22). The fourth-order valence-electron chi connectivity index (χ4n) is 2.21. The molecule has 0 spiro atoms. The number of pyridine rings is 1. The number of anilines is 1. The Labute approximate surface area is 138 Å². The Balaban J connectivity index is 1.82. The maximum atomic E-state index is 12.3. The smallest absolute Gasteiger partial charge is 0.274 e. The second kappa shape index (κ2) is 6.42. The number of nitriles is 1. The molecule has 0 aliphatic heterocycles. The first-order valence-corrected chi connectivity index (χ1v) is 7.93. The molecular formula is C18H13N3OS. The highest BCUT2D eigenvalue weighted by Gasteiger charge is 2.10. The van der Waals surface area contributed by atoms with E-state index in [-0.39, 0.29) is 5.91 Å². The van der Waals surface area contributed by atoms with Crippen molar-refractivity contribution in [1.29, 1.82) is 5.26 Å². The molecule has 5 heteroatoms. The van der Waals surface area contributed by atoms with Crippen LogP contribution in [0.25, 0.3) is 11.1 Å². The summed E-state index contributed by atoms with van der Waals surface area (Å²) < 4.78 is 0. The average Bonchev–Trinajstić information content (AvgIpc) is 3.09. The number of aryl methyl sites for hydroxylation is 1. The second-order valence-corrected chi connectivity index (χ2v) is 5.77. The first-order valence-electron chi connectivity index (χ1n) is 6.99. The van der Waals surface area contributed by atoms with Gasteiger partial charge in [0.25, 0.3) is 5.91 Å². The van der Waals surface area contributed by atoms with E-state index in [1.807, 2.05) is 41.8 Å². The number of hydrogen-bond donors (Lipinski definition) is 1. The number of thiophene rings is 1. The molecule has 0 radical (unpaired) electrons. The van der Waals surface area contributed by atoms with Gasteiger partial charge >= 0.3 is 0 Å². The number of amides is 1. The van der Waals surface area contributed by atoms with Gasteiger partial charge in [-0.3, -0.25) is 4.79 Å². The summed E-state index contributed by atoms with van der Waals surface area (Å²) in [6.45, 7) is 1.71. The van der Waals surface area contributed by atoms with E-state index in [4.69, 9.17) is 5.26 Å². The van der Waals surface area contributed by atoms with Gasteiger partial charge in [-0.1, -0.05) is 12.1 Å². The minimum absolute atomic E-state index is 0.292. The van der Waals surface area contributed by atoms with Gasteiger partial charge in [-0.15, -0.1) is 0 Å². The largest absolute Gasteiger partial charge is 0.321 e. The number of rotatable bonds is 3. The Bertz CT molecular complexity index is 895. The molecular weight excluding hydrogens is 306 g/mol. The molecule has 0 unspecified atom stereocenters. The van der Waals surface area contributed by atoms with Crippen LogP contribution >= 0.6 is 11.3 Å². The topological polar surface area (TPSA) is 65.8 Å². The number of hydrogen-bond acceptors (Lipinski definition) is 4. The second-order valence-electron chi connectivity index (χ2n) is 4.99. The quantitative estimate of drug-likeness (QED) is 0.785. The van der Waals surface area contributed by atoms with Gasteiger partial charge in [0.15, 0.2) is 0 Å². The Morgan fingerprint density at radius 2 is 2.09 bits per heavy atom. The molecule has 4 nitrogen and oxygen atoms in total. The zero-order chi connectivity index (χ0) is 16.2. The van der Waals surface area contributed by atoms with Crippen molar-refractivity contribution in [2.24, 2.45) is 0 Å². The molecule has 23 heavy (non-hydrogen) atoms. The Hall–Kier alpha value is -2.97. The maximum Gasteiger partial charge on any atom is 0.274 e. The summed E-state index contributed by atoms with van der Waals surface area (Å²) in [5, 5.41) is 15.8. The molecule has 1 amide bonds. The minimum atomic E-state index is -0.292. The van der Waals surface area contributed by atoms with E-state index >= 15 is 0 Å².